The number of piperazine rings is 1. The maximum Gasteiger partial charge on any atom is 0.263 e. The minimum atomic E-state index is -0.501. The lowest BCUT2D eigenvalue weighted by Crippen LogP contribution is -2.52. The number of anilines is 1. The van der Waals surface area contributed by atoms with E-state index in [9.17, 15) is 4.79 Å². The van der Waals surface area contributed by atoms with Gasteiger partial charge in [0.15, 0.2) is 6.10 Å². The largest absolute Gasteiger partial charge is 0.481 e. The summed E-state index contributed by atoms with van der Waals surface area (Å²) in [5.41, 5.74) is 3.48. The monoisotopic (exact) mass is 400 g/mol. The summed E-state index contributed by atoms with van der Waals surface area (Å²) in [5.74, 6) is 1.19. The molecule has 1 amide bonds. The Morgan fingerprint density at radius 2 is 1.71 bits per heavy atom. The maximum atomic E-state index is 12.9. The van der Waals surface area contributed by atoms with Gasteiger partial charge in [0, 0.05) is 36.9 Å². The summed E-state index contributed by atoms with van der Waals surface area (Å²) in [6.45, 7) is 11.1. The Bertz CT molecular complexity index is 829. The van der Waals surface area contributed by atoms with E-state index in [-0.39, 0.29) is 5.91 Å². The number of benzene rings is 2. The molecule has 1 aliphatic rings. The highest BCUT2D eigenvalue weighted by molar-refractivity contribution is 6.30. The molecule has 5 heteroatoms. The van der Waals surface area contributed by atoms with Crippen molar-refractivity contribution in [3.05, 3.63) is 58.6 Å². The molecule has 1 atom stereocenters. The third-order valence-corrected chi connectivity index (χ3v) is 5.53. The minimum Gasteiger partial charge on any atom is -0.481 e. The van der Waals surface area contributed by atoms with Gasteiger partial charge in [-0.25, -0.2) is 0 Å². The number of carbonyl (C=O) groups excluding carboxylic acids is 1. The Hall–Kier alpha value is -2.20. The first-order valence-electron chi connectivity index (χ1n) is 9.92. The Labute approximate surface area is 173 Å². The van der Waals surface area contributed by atoms with E-state index >= 15 is 0 Å². The second-order valence-corrected chi connectivity index (χ2v) is 8.13. The smallest absolute Gasteiger partial charge is 0.263 e. The van der Waals surface area contributed by atoms with Crippen LogP contribution in [0.2, 0.25) is 5.02 Å². The van der Waals surface area contributed by atoms with Crippen LogP contribution in [0, 0.1) is 6.92 Å². The lowest BCUT2D eigenvalue weighted by Gasteiger charge is -2.37. The van der Waals surface area contributed by atoms with Gasteiger partial charge in [0.1, 0.15) is 5.75 Å². The molecule has 1 fully saturated rings. The molecular formula is C23H29ClN2O2. The molecule has 28 heavy (non-hydrogen) atoms. The molecule has 2 aromatic rings. The quantitative estimate of drug-likeness (QED) is 0.716. The molecule has 3 rings (SSSR count). The summed E-state index contributed by atoms with van der Waals surface area (Å²) < 4.78 is 6.05. The highest BCUT2D eigenvalue weighted by Crippen LogP contribution is 2.28. The van der Waals surface area contributed by atoms with Crippen LogP contribution in [0.1, 0.15) is 37.8 Å². The Balaban J connectivity index is 1.61. The van der Waals surface area contributed by atoms with Crippen LogP contribution in [0.5, 0.6) is 5.75 Å². The van der Waals surface area contributed by atoms with E-state index < -0.39 is 6.10 Å². The molecule has 0 radical (unpaired) electrons. The molecule has 0 saturated carbocycles. The van der Waals surface area contributed by atoms with Crippen molar-refractivity contribution in [2.75, 3.05) is 31.1 Å². The number of rotatable bonds is 5. The number of para-hydroxylation sites is 1. The summed E-state index contributed by atoms with van der Waals surface area (Å²) in [6.07, 6.45) is -0.501. The van der Waals surface area contributed by atoms with Gasteiger partial charge < -0.3 is 14.5 Å². The molecule has 0 aromatic heterocycles. The van der Waals surface area contributed by atoms with Crippen LogP contribution < -0.4 is 9.64 Å². The Kier molecular flexibility index (Phi) is 6.50. The number of aryl methyl sites for hydroxylation is 1. The lowest BCUT2D eigenvalue weighted by molar-refractivity contribution is -0.138. The standard InChI is InChI=1S/C23H29ClN2O2/c1-16(2)20-7-5-6-8-22(20)28-18(4)23(27)26-13-11-25(12-14-26)21-15-19(24)10-9-17(21)3/h5-10,15-16,18H,11-14H2,1-4H3/t18-/m1/s1. The number of ether oxygens (including phenoxy) is 1. The van der Waals surface area contributed by atoms with Crippen LogP contribution in [-0.4, -0.2) is 43.1 Å². The fourth-order valence-corrected chi connectivity index (χ4v) is 3.82. The topological polar surface area (TPSA) is 32.8 Å². The van der Waals surface area contributed by atoms with E-state index in [1.807, 2.05) is 48.2 Å². The molecule has 0 aliphatic carbocycles. The van der Waals surface area contributed by atoms with Gasteiger partial charge in [-0.1, -0.05) is 49.7 Å². The van der Waals surface area contributed by atoms with Crippen LogP contribution in [-0.2, 0) is 4.79 Å². The summed E-state index contributed by atoms with van der Waals surface area (Å²) in [5, 5.41) is 0.741. The summed E-state index contributed by atoms with van der Waals surface area (Å²) in [6, 6.07) is 13.9. The van der Waals surface area contributed by atoms with Gasteiger partial charge in [0.2, 0.25) is 0 Å². The van der Waals surface area contributed by atoms with E-state index in [1.54, 1.807) is 0 Å². The third-order valence-electron chi connectivity index (χ3n) is 5.30. The number of amides is 1. The van der Waals surface area contributed by atoms with Crippen LogP contribution in [0.4, 0.5) is 5.69 Å². The van der Waals surface area contributed by atoms with Crippen molar-refractivity contribution in [3.8, 4) is 5.75 Å². The molecule has 0 N–H and O–H groups in total. The van der Waals surface area contributed by atoms with Crippen LogP contribution in [0.25, 0.3) is 0 Å². The van der Waals surface area contributed by atoms with Crippen LogP contribution >= 0.6 is 11.6 Å². The van der Waals surface area contributed by atoms with E-state index in [0.29, 0.717) is 19.0 Å². The van der Waals surface area contributed by atoms with E-state index in [1.165, 1.54) is 5.56 Å². The lowest BCUT2D eigenvalue weighted by atomic mass is 10.0. The van der Waals surface area contributed by atoms with Gasteiger partial charge in [-0.05, 0) is 49.1 Å². The molecule has 2 aromatic carbocycles. The fourth-order valence-electron chi connectivity index (χ4n) is 3.65. The Morgan fingerprint density at radius 1 is 1.04 bits per heavy atom. The van der Waals surface area contributed by atoms with Gasteiger partial charge in [0.05, 0.1) is 0 Å². The van der Waals surface area contributed by atoms with Crippen molar-refractivity contribution in [2.45, 2.75) is 39.7 Å². The molecule has 0 spiro atoms. The van der Waals surface area contributed by atoms with Gasteiger partial charge >= 0.3 is 0 Å². The molecule has 1 saturated heterocycles. The number of hydrogen-bond acceptors (Lipinski definition) is 3. The molecule has 1 heterocycles. The average molecular weight is 401 g/mol. The predicted molar refractivity (Wildman–Crippen MR) is 116 cm³/mol. The first kappa shape index (κ1) is 20.5. The normalized spacial score (nSPS) is 15.6. The van der Waals surface area contributed by atoms with Crippen molar-refractivity contribution in [2.24, 2.45) is 0 Å². The van der Waals surface area contributed by atoms with Crippen LogP contribution in [0.3, 0.4) is 0 Å². The highest BCUT2D eigenvalue weighted by atomic mass is 35.5. The second-order valence-electron chi connectivity index (χ2n) is 7.70. The average Bonchev–Trinajstić information content (AvgIpc) is 2.69. The predicted octanol–water partition coefficient (Wildman–Crippen LogP) is 4.89. The van der Waals surface area contributed by atoms with Crippen molar-refractivity contribution in [1.82, 2.24) is 4.90 Å². The molecule has 150 valence electrons. The van der Waals surface area contributed by atoms with Crippen LogP contribution in [0.15, 0.2) is 42.5 Å². The van der Waals surface area contributed by atoms with Gasteiger partial charge in [0.25, 0.3) is 5.91 Å². The second kappa shape index (κ2) is 8.87. The zero-order valence-electron chi connectivity index (χ0n) is 17.1. The van der Waals surface area contributed by atoms with E-state index in [4.69, 9.17) is 16.3 Å². The number of hydrogen-bond donors (Lipinski definition) is 0. The van der Waals surface area contributed by atoms with E-state index in [0.717, 1.165) is 35.1 Å². The van der Waals surface area contributed by atoms with Gasteiger partial charge in [-0.15, -0.1) is 0 Å². The minimum absolute atomic E-state index is 0.0426. The first-order chi connectivity index (χ1) is 13.4. The number of halogens is 1. The molecule has 0 unspecified atom stereocenters. The van der Waals surface area contributed by atoms with Crippen molar-refractivity contribution in [1.29, 1.82) is 0 Å². The van der Waals surface area contributed by atoms with Crippen molar-refractivity contribution >= 4 is 23.2 Å². The maximum absolute atomic E-state index is 12.9. The summed E-state index contributed by atoms with van der Waals surface area (Å²) in [7, 11) is 0. The SMILES string of the molecule is Cc1ccc(Cl)cc1N1CCN(C(=O)[C@@H](C)Oc2ccccc2C(C)C)CC1. The number of carbonyl (C=O) groups is 1. The summed E-state index contributed by atoms with van der Waals surface area (Å²) in [4.78, 5) is 17.1. The zero-order valence-corrected chi connectivity index (χ0v) is 17.9. The zero-order chi connectivity index (χ0) is 20.3. The molecule has 0 bridgehead atoms. The first-order valence-corrected chi connectivity index (χ1v) is 10.3. The highest BCUT2D eigenvalue weighted by Gasteiger charge is 2.27. The van der Waals surface area contributed by atoms with Gasteiger partial charge in [-0.2, -0.15) is 0 Å². The third kappa shape index (κ3) is 4.61. The Morgan fingerprint density at radius 3 is 2.39 bits per heavy atom. The van der Waals surface area contributed by atoms with Gasteiger partial charge in [-0.3, -0.25) is 4.79 Å². The fraction of sp³-hybridized carbons (Fsp3) is 0.435. The number of nitrogens with zero attached hydrogens (tertiary/aromatic N) is 2. The van der Waals surface area contributed by atoms with Crippen molar-refractivity contribution in [3.63, 3.8) is 0 Å². The van der Waals surface area contributed by atoms with E-state index in [2.05, 4.69) is 31.7 Å². The summed E-state index contributed by atoms with van der Waals surface area (Å²) >= 11 is 6.16. The molecule has 4 nitrogen and oxygen atoms in total. The molecule has 1 aliphatic heterocycles. The molecular weight excluding hydrogens is 372 g/mol. The van der Waals surface area contributed by atoms with Crippen molar-refractivity contribution < 1.29 is 9.53 Å².